The number of para-hydroxylation sites is 2. The van der Waals surface area contributed by atoms with E-state index < -0.39 is 17.9 Å². The lowest BCUT2D eigenvalue weighted by Gasteiger charge is -2.37. The highest BCUT2D eigenvalue weighted by molar-refractivity contribution is 7.10. The molecule has 0 radical (unpaired) electrons. The van der Waals surface area contributed by atoms with E-state index in [1.807, 2.05) is 77.5 Å². The Kier molecular flexibility index (Phi) is 5.27. The minimum atomic E-state index is -0.985. The van der Waals surface area contributed by atoms with Crippen molar-refractivity contribution in [1.29, 1.82) is 0 Å². The number of benzene rings is 2. The van der Waals surface area contributed by atoms with Crippen LogP contribution in [-0.2, 0) is 20.9 Å². The molecule has 0 aliphatic carbocycles. The second kappa shape index (κ2) is 8.24. The van der Waals surface area contributed by atoms with Crippen LogP contribution in [-0.4, -0.2) is 28.0 Å². The molecule has 2 aromatic heterocycles. The van der Waals surface area contributed by atoms with Crippen molar-refractivity contribution < 1.29 is 14.3 Å². The molecule has 0 saturated carbocycles. The van der Waals surface area contributed by atoms with E-state index in [0.717, 1.165) is 27.0 Å². The van der Waals surface area contributed by atoms with Crippen molar-refractivity contribution in [3.63, 3.8) is 0 Å². The molecule has 4 aromatic rings. The summed E-state index contributed by atoms with van der Waals surface area (Å²) in [7, 11) is 0. The molecule has 0 saturated heterocycles. The number of anilines is 1. The van der Waals surface area contributed by atoms with E-state index in [0.29, 0.717) is 12.5 Å². The Bertz CT molecular complexity index is 1290. The van der Waals surface area contributed by atoms with Crippen LogP contribution >= 0.6 is 11.3 Å². The Morgan fingerprint density at radius 1 is 1.09 bits per heavy atom. The number of amides is 1. The number of rotatable bonds is 5. The van der Waals surface area contributed by atoms with Gasteiger partial charge in [-0.15, -0.1) is 11.3 Å². The largest absolute Gasteiger partial charge is 0.465 e. The molecule has 0 N–H and O–H groups in total. The van der Waals surface area contributed by atoms with Crippen LogP contribution in [0.15, 0.2) is 66.0 Å². The standard InChI is InChI=1S/C25H23N3O3S/c1-3-31-24(30)20-21(22-16(2)13-14-32-22)28-19-12-8-7-11-18(19)26-25(28)27(23(20)29)15-17-9-5-4-6-10-17/h4-14,20-21H,3,15H2,1-2H3/t20-,21-/m1/s1. The summed E-state index contributed by atoms with van der Waals surface area (Å²) in [4.78, 5) is 34.5. The van der Waals surface area contributed by atoms with Gasteiger partial charge in [-0.3, -0.25) is 19.1 Å². The van der Waals surface area contributed by atoms with Crippen LogP contribution in [0.4, 0.5) is 5.95 Å². The van der Waals surface area contributed by atoms with Crippen molar-refractivity contribution in [2.24, 2.45) is 5.92 Å². The molecule has 5 rings (SSSR count). The molecular weight excluding hydrogens is 422 g/mol. The fourth-order valence-corrected chi connectivity index (χ4v) is 5.43. The summed E-state index contributed by atoms with van der Waals surface area (Å²) >= 11 is 1.55. The molecule has 3 heterocycles. The Labute approximate surface area is 190 Å². The van der Waals surface area contributed by atoms with E-state index in [1.165, 1.54) is 0 Å². The number of aromatic nitrogens is 2. The summed E-state index contributed by atoms with van der Waals surface area (Å²) < 4.78 is 7.45. The molecule has 0 fully saturated rings. The molecular formula is C25H23N3O3S. The van der Waals surface area contributed by atoms with E-state index in [9.17, 15) is 9.59 Å². The van der Waals surface area contributed by atoms with Crippen LogP contribution in [0, 0.1) is 12.8 Å². The minimum absolute atomic E-state index is 0.217. The molecule has 0 bridgehead atoms. The number of esters is 1. The molecule has 2 atom stereocenters. The van der Waals surface area contributed by atoms with Gasteiger partial charge in [-0.1, -0.05) is 42.5 Å². The first-order chi connectivity index (χ1) is 15.6. The third-order valence-electron chi connectivity index (χ3n) is 5.84. The predicted molar refractivity (Wildman–Crippen MR) is 125 cm³/mol. The zero-order valence-corrected chi connectivity index (χ0v) is 18.7. The fourth-order valence-electron chi connectivity index (χ4n) is 4.38. The van der Waals surface area contributed by atoms with Crippen molar-refractivity contribution in [2.75, 3.05) is 11.5 Å². The summed E-state index contributed by atoms with van der Waals surface area (Å²) in [6.07, 6.45) is 0. The number of hydrogen-bond donors (Lipinski definition) is 0. The third-order valence-corrected chi connectivity index (χ3v) is 6.93. The summed E-state index contributed by atoms with van der Waals surface area (Å²) in [6, 6.07) is 19.1. The lowest BCUT2D eigenvalue weighted by atomic mass is 9.92. The maximum Gasteiger partial charge on any atom is 0.321 e. The average Bonchev–Trinajstić information content (AvgIpc) is 3.39. The van der Waals surface area contributed by atoms with Gasteiger partial charge in [-0.25, -0.2) is 4.98 Å². The summed E-state index contributed by atoms with van der Waals surface area (Å²) in [5.74, 6) is -1.22. The zero-order valence-electron chi connectivity index (χ0n) is 17.9. The minimum Gasteiger partial charge on any atom is -0.465 e. The smallest absolute Gasteiger partial charge is 0.321 e. The predicted octanol–water partition coefficient (Wildman–Crippen LogP) is 4.72. The molecule has 32 heavy (non-hydrogen) atoms. The maximum absolute atomic E-state index is 13.9. The molecule has 1 aliphatic heterocycles. The number of fused-ring (bicyclic) bond motifs is 3. The van der Waals surface area contributed by atoms with Crippen molar-refractivity contribution >= 4 is 40.2 Å². The van der Waals surface area contributed by atoms with Crippen molar-refractivity contribution in [3.8, 4) is 0 Å². The van der Waals surface area contributed by atoms with Crippen LogP contribution in [0.2, 0.25) is 0 Å². The SMILES string of the molecule is CCOC(=O)[C@H]1C(=O)N(Cc2ccccc2)c2nc3ccccc3n2[C@H]1c1sccc1C. The number of imidazole rings is 1. The Balaban J connectivity index is 1.76. The average molecular weight is 446 g/mol. The summed E-state index contributed by atoms with van der Waals surface area (Å²) in [5.41, 5.74) is 3.69. The molecule has 1 amide bonds. The first kappa shape index (κ1) is 20.5. The lowest BCUT2D eigenvalue weighted by molar-refractivity contribution is -0.153. The summed E-state index contributed by atoms with van der Waals surface area (Å²) in [6.45, 7) is 4.31. The Morgan fingerprint density at radius 2 is 1.84 bits per heavy atom. The summed E-state index contributed by atoms with van der Waals surface area (Å²) in [5, 5.41) is 1.99. The van der Waals surface area contributed by atoms with Crippen LogP contribution < -0.4 is 4.90 Å². The van der Waals surface area contributed by atoms with E-state index in [-0.39, 0.29) is 12.5 Å². The molecule has 6 nitrogen and oxygen atoms in total. The molecule has 7 heteroatoms. The second-order valence-corrected chi connectivity index (χ2v) is 8.77. The van der Waals surface area contributed by atoms with Crippen LogP contribution in [0.5, 0.6) is 0 Å². The molecule has 1 aliphatic rings. The van der Waals surface area contributed by atoms with Gasteiger partial charge in [0.2, 0.25) is 11.9 Å². The number of hydrogen-bond acceptors (Lipinski definition) is 5. The van der Waals surface area contributed by atoms with Crippen molar-refractivity contribution in [1.82, 2.24) is 9.55 Å². The second-order valence-electron chi connectivity index (χ2n) is 7.82. The Morgan fingerprint density at radius 3 is 2.56 bits per heavy atom. The molecule has 0 unspecified atom stereocenters. The monoisotopic (exact) mass is 445 g/mol. The number of carbonyl (C=O) groups excluding carboxylic acids is 2. The van der Waals surface area contributed by atoms with E-state index in [1.54, 1.807) is 23.2 Å². The van der Waals surface area contributed by atoms with Gasteiger partial charge < -0.3 is 4.74 Å². The van der Waals surface area contributed by atoms with E-state index >= 15 is 0 Å². The number of aryl methyl sites for hydroxylation is 1. The van der Waals surface area contributed by atoms with Crippen molar-refractivity contribution in [2.45, 2.75) is 26.4 Å². The van der Waals surface area contributed by atoms with E-state index in [4.69, 9.17) is 9.72 Å². The molecule has 0 spiro atoms. The van der Waals surface area contributed by atoms with Gasteiger partial charge in [-0.2, -0.15) is 0 Å². The highest BCUT2D eigenvalue weighted by Gasteiger charge is 2.48. The topological polar surface area (TPSA) is 64.4 Å². The first-order valence-electron chi connectivity index (χ1n) is 10.6. The van der Waals surface area contributed by atoms with Gasteiger partial charge in [0, 0.05) is 4.88 Å². The Hall–Kier alpha value is -3.45. The van der Waals surface area contributed by atoms with Crippen LogP contribution in [0.1, 0.15) is 29.0 Å². The zero-order chi connectivity index (χ0) is 22.2. The van der Waals surface area contributed by atoms with Gasteiger partial charge in [0.25, 0.3) is 0 Å². The van der Waals surface area contributed by atoms with Crippen LogP contribution in [0.25, 0.3) is 11.0 Å². The number of carbonyl (C=O) groups is 2. The van der Waals surface area contributed by atoms with Crippen molar-refractivity contribution in [3.05, 3.63) is 82.0 Å². The number of thiophene rings is 1. The normalized spacial score (nSPS) is 18.1. The van der Waals surface area contributed by atoms with Gasteiger partial charge in [0.15, 0.2) is 5.92 Å². The van der Waals surface area contributed by atoms with Gasteiger partial charge in [0.05, 0.1) is 30.2 Å². The lowest BCUT2D eigenvalue weighted by Crippen LogP contribution is -2.49. The molecule has 2 aromatic carbocycles. The third kappa shape index (κ3) is 3.29. The number of ether oxygens (including phenoxy) is 1. The maximum atomic E-state index is 13.9. The van der Waals surface area contributed by atoms with Gasteiger partial charge in [0.1, 0.15) is 0 Å². The van der Waals surface area contributed by atoms with E-state index in [2.05, 4.69) is 0 Å². The first-order valence-corrected chi connectivity index (χ1v) is 11.5. The molecule has 162 valence electrons. The highest BCUT2D eigenvalue weighted by atomic mass is 32.1. The van der Waals surface area contributed by atoms with Crippen LogP contribution in [0.3, 0.4) is 0 Å². The number of nitrogens with zero attached hydrogens (tertiary/aromatic N) is 3. The quantitative estimate of drug-likeness (QED) is 0.329. The van der Waals surface area contributed by atoms with Gasteiger partial charge >= 0.3 is 5.97 Å². The highest BCUT2D eigenvalue weighted by Crippen LogP contribution is 2.44. The van der Waals surface area contributed by atoms with Gasteiger partial charge in [-0.05, 0) is 48.6 Å². The fraction of sp³-hybridized carbons (Fsp3) is 0.240.